The molecule has 0 radical (unpaired) electrons. The van der Waals surface area contributed by atoms with Crippen molar-refractivity contribution in [3.63, 3.8) is 0 Å². The SMILES string of the molecule is CC(N)CCC(=O)N(C)C(C1CC1)C1CC1.Cl. The second-order valence-electron chi connectivity index (χ2n) is 5.69. The van der Waals surface area contributed by atoms with E-state index in [0.29, 0.717) is 18.4 Å². The van der Waals surface area contributed by atoms with E-state index in [0.717, 1.165) is 18.3 Å². The predicted octanol–water partition coefficient (Wildman–Crippen LogP) is 2.18. The van der Waals surface area contributed by atoms with Crippen LogP contribution in [0.2, 0.25) is 0 Å². The predicted molar refractivity (Wildman–Crippen MR) is 72.1 cm³/mol. The molecule has 0 bridgehead atoms. The van der Waals surface area contributed by atoms with Gasteiger partial charge in [-0.3, -0.25) is 4.79 Å². The quantitative estimate of drug-likeness (QED) is 0.796. The van der Waals surface area contributed by atoms with Gasteiger partial charge in [0.15, 0.2) is 0 Å². The van der Waals surface area contributed by atoms with Crippen LogP contribution < -0.4 is 5.73 Å². The highest BCUT2D eigenvalue weighted by Gasteiger charge is 2.44. The molecule has 2 N–H and O–H groups in total. The zero-order valence-corrected chi connectivity index (χ0v) is 11.7. The highest BCUT2D eigenvalue weighted by atomic mass is 35.5. The molecular formula is C13H25ClN2O. The number of carbonyl (C=O) groups is 1. The van der Waals surface area contributed by atoms with Gasteiger partial charge in [0.05, 0.1) is 0 Å². The van der Waals surface area contributed by atoms with Crippen LogP contribution in [0, 0.1) is 11.8 Å². The lowest BCUT2D eigenvalue weighted by Crippen LogP contribution is -2.40. The number of hydrogen-bond donors (Lipinski definition) is 1. The van der Waals surface area contributed by atoms with Gasteiger partial charge in [-0.15, -0.1) is 12.4 Å². The highest BCUT2D eigenvalue weighted by Crippen LogP contribution is 2.46. The summed E-state index contributed by atoms with van der Waals surface area (Å²) in [4.78, 5) is 14.0. The van der Waals surface area contributed by atoms with Gasteiger partial charge < -0.3 is 10.6 Å². The number of halogens is 1. The Morgan fingerprint density at radius 3 is 2.12 bits per heavy atom. The van der Waals surface area contributed by atoms with Gasteiger partial charge in [-0.1, -0.05) is 0 Å². The largest absolute Gasteiger partial charge is 0.342 e. The summed E-state index contributed by atoms with van der Waals surface area (Å²) in [5.41, 5.74) is 5.69. The smallest absolute Gasteiger partial charge is 0.222 e. The second-order valence-corrected chi connectivity index (χ2v) is 5.69. The molecule has 1 amide bonds. The van der Waals surface area contributed by atoms with Crippen LogP contribution in [0.15, 0.2) is 0 Å². The van der Waals surface area contributed by atoms with E-state index in [1.807, 2.05) is 18.9 Å². The van der Waals surface area contributed by atoms with E-state index < -0.39 is 0 Å². The monoisotopic (exact) mass is 260 g/mol. The van der Waals surface area contributed by atoms with Crippen molar-refractivity contribution in [1.29, 1.82) is 0 Å². The molecule has 0 aliphatic heterocycles. The minimum atomic E-state index is 0. The van der Waals surface area contributed by atoms with Crippen LogP contribution in [0.3, 0.4) is 0 Å². The first kappa shape index (κ1) is 14.8. The lowest BCUT2D eigenvalue weighted by molar-refractivity contribution is -0.133. The van der Waals surface area contributed by atoms with Crippen LogP contribution in [-0.2, 0) is 4.79 Å². The summed E-state index contributed by atoms with van der Waals surface area (Å²) in [5, 5.41) is 0. The van der Waals surface area contributed by atoms with Gasteiger partial charge in [0.25, 0.3) is 0 Å². The Hall–Kier alpha value is -0.280. The maximum Gasteiger partial charge on any atom is 0.222 e. The molecule has 0 spiro atoms. The normalized spacial score (nSPS) is 20.9. The Labute approximate surface area is 111 Å². The van der Waals surface area contributed by atoms with Gasteiger partial charge >= 0.3 is 0 Å². The number of nitrogens with zero attached hydrogens (tertiary/aromatic N) is 1. The van der Waals surface area contributed by atoms with Crippen LogP contribution in [-0.4, -0.2) is 29.9 Å². The van der Waals surface area contributed by atoms with Crippen LogP contribution in [0.4, 0.5) is 0 Å². The van der Waals surface area contributed by atoms with E-state index in [9.17, 15) is 4.79 Å². The Morgan fingerprint density at radius 1 is 1.29 bits per heavy atom. The van der Waals surface area contributed by atoms with Crippen molar-refractivity contribution >= 4 is 18.3 Å². The van der Waals surface area contributed by atoms with Crippen molar-refractivity contribution in [3.8, 4) is 0 Å². The number of carbonyl (C=O) groups excluding carboxylic acids is 1. The number of nitrogens with two attached hydrogens (primary N) is 1. The molecule has 4 heteroatoms. The molecule has 0 aromatic carbocycles. The third kappa shape index (κ3) is 4.14. The summed E-state index contributed by atoms with van der Waals surface area (Å²) in [6.07, 6.45) is 6.73. The summed E-state index contributed by atoms with van der Waals surface area (Å²) in [6, 6.07) is 0.679. The summed E-state index contributed by atoms with van der Waals surface area (Å²) < 4.78 is 0. The van der Waals surface area contributed by atoms with Gasteiger partial charge in [0, 0.05) is 25.6 Å². The number of rotatable bonds is 6. The molecule has 2 saturated carbocycles. The Morgan fingerprint density at radius 2 is 1.76 bits per heavy atom. The van der Waals surface area contributed by atoms with E-state index in [2.05, 4.69) is 0 Å². The lowest BCUT2D eigenvalue weighted by Gasteiger charge is -2.28. The second kappa shape index (κ2) is 6.05. The van der Waals surface area contributed by atoms with Crippen LogP contribution in [0.1, 0.15) is 45.4 Å². The molecule has 0 heterocycles. The lowest BCUT2D eigenvalue weighted by atomic mass is 10.0. The van der Waals surface area contributed by atoms with Gasteiger partial charge in [0.1, 0.15) is 0 Å². The summed E-state index contributed by atoms with van der Waals surface area (Å²) >= 11 is 0. The first-order valence-electron chi connectivity index (χ1n) is 6.61. The molecular weight excluding hydrogens is 236 g/mol. The van der Waals surface area contributed by atoms with E-state index >= 15 is 0 Å². The van der Waals surface area contributed by atoms with Crippen LogP contribution in [0.25, 0.3) is 0 Å². The zero-order chi connectivity index (χ0) is 11.7. The van der Waals surface area contributed by atoms with Crippen molar-refractivity contribution < 1.29 is 4.79 Å². The first-order chi connectivity index (χ1) is 7.59. The number of amides is 1. The maximum atomic E-state index is 12.0. The first-order valence-corrected chi connectivity index (χ1v) is 6.61. The number of hydrogen-bond acceptors (Lipinski definition) is 2. The fourth-order valence-electron chi connectivity index (χ4n) is 2.59. The summed E-state index contributed by atoms with van der Waals surface area (Å²) in [6.45, 7) is 1.96. The van der Waals surface area contributed by atoms with Crippen molar-refractivity contribution in [2.24, 2.45) is 17.6 Å². The Kier molecular flexibility index (Phi) is 5.26. The minimum absolute atomic E-state index is 0. The van der Waals surface area contributed by atoms with Gasteiger partial charge in [-0.2, -0.15) is 0 Å². The van der Waals surface area contributed by atoms with Crippen molar-refractivity contribution in [2.75, 3.05) is 7.05 Å². The van der Waals surface area contributed by atoms with Crippen molar-refractivity contribution in [1.82, 2.24) is 4.90 Å². The van der Waals surface area contributed by atoms with E-state index in [1.54, 1.807) is 0 Å². The topological polar surface area (TPSA) is 46.3 Å². The molecule has 17 heavy (non-hydrogen) atoms. The molecule has 0 saturated heterocycles. The molecule has 1 unspecified atom stereocenters. The summed E-state index contributed by atoms with van der Waals surface area (Å²) in [7, 11) is 1.99. The third-order valence-electron chi connectivity index (χ3n) is 3.86. The third-order valence-corrected chi connectivity index (χ3v) is 3.86. The molecule has 2 aliphatic rings. The molecule has 2 rings (SSSR count). The molecule has 2 aliphatic carbocycles. The molecule has 0 aromatic heterocycles. The van der Waals surface area contributed by atoms with Gasteiger partial charge in [-0.25, -0.2) is 0 Å². The van der Waals surface area contributed by atoms with E-state index in [1.165, 1.54) is 25.7 Å². The Balaban J connectivity index is 0.00000144. The average Bonchev–Trinajstić information content (AvgIpc) is 3.06. The van der Waals surface area contributed by atoms with E-state index in [4.69, 9.17) is 5.73 Å². The molecule has 1 atom stereocenters. The highest BCUT2D eigenvalue weighted by molar-refractivity contribution is 5.85. The van der Waals surface area contributed by atoms with Gasteiger partial charge in [-0.05, 0) is 50.9 Å². The van der Waals surface area contributed by atoms with Crippen LogP contribution >= 0.6 is 12.4 Å². The van der Waals surface area contributed by atoms with E-state index in [-0.39, 0.29) is 18.4 Å². The van der Waals surface area contributed by atoms with Crippen molar-refractivity contribution in [3.05, 3.63) is 0 Å². The molecule has 2 fully saturated rings. The fraction of sp³-hybridized carbons (Fsp3) is 0.923. The van der Waals surface area contributed by atoms with Crippen LogP contribution in [0.5, 0.6) is 0 Å². The summed E-state index contributed by atoms with van der Waals surface area (Å²) in [5.74, 6) is 1.90. The maximum absolute atomic E-state index is 12.0. The van der Waals surface area contributed by atoms with Crippen molar-refractivity contribution in [2.45, 2.75) is 57.5 Å². The average molecular weight is 261 g/mol. The zero-order valence-electron chi connectivity index (χ0n) is 10.9. The van der Waals surface area contributed by atoms with Gasteiger partial charge in [0.2, 0.25) is 5.91 Å². The standard InChI is InChI=1S/C13H24N2O.ClH/c1-9(14)3-8-12(16)15(2)13(10-4-5-10)11-6-7-11;/h9-11,13H,3-8,14H2,1-2H3;1H. The Bertz CT molecular complexity index is 250. The molecule has 3 nitrogen and oxygen atoms in total. The fourth-order valence-corrected chi connectivity index (χ4v) is 2.59. The molecule has 0 aromatic rings. The minimum Gasteiger partial charge on any atom is -0.342 e. The molecule has 100 valence electrons.